The maximum absolute atomic E-state index is 5.16. The molecule has 0 aliphatic heterocycles. The van der Waals surface area contributed by atoms with Crippen molar-refractivity contribution < 1.29 is 9.47 Å². The molecule has 114 valence electrons. The predicted molar refractivity (Wildman–Crippen MR) is 83.6 cm³/mol. The molecule has 1 aromatic heterocycles. The summed E-state index contributed by atoms with van der Waals surface area (Å²) in [6.45, 7) is 9.29. The maximum Gasteiger partial charge on any atom is 0.131 e. The first kappa shape index (κ1) is 16.7. The van der Waals surface area contributed by atoms with Crippen LogP contribution in [0.1, 0.15) is 20.8 Å². The molecule has 1 heterocycles. The Morgan fingerprint density at radius 3 is 2.20 bits per heavy atom. The van der Waals surface area contributed by atoms with Gasteiger partial charge in [-0.2, -0.15) is 0 Å². The highest BCUT2D eigenvalue weighted by Crippen LogP contribution is 2.17. The number of ether oxygens (including phenoxy) is 2. The summed E-state index contributed by atoms with van der Waals surface area (Å²) in [5, 5.41) is 3.39. The molecule has 0 radical (unpaired) electrons. The van der Waals surface area contributed by atoms with Crippen molar-refractivity contribution in [2.75, 3.05) is 50.7 Å². The zero-order chi connectivity index (χ0) is 15.0. The van der Waals surface area contributed by atoms with Crippen molar-refractivity contribution in [1.29, 1.82) is 0 Å². The molecule has 0 aromatic carbocycles. The summed E-state index contributed by atoms with van der Waals surface area (Å²) in [5.41, 5.74) is -0.00445. The highest BCUT2D eigenvalue weighted by Gasteiger charge is 2.12. The highest BCUT2D eigenvalue weighted by molar-refractivity contribution is 5.48. The van der Waals surface area contributed by atoms with Crippen LogP contribution < -0.4 is 10.2 Å². The molecule has 0 atom stereocenters. The Morgan fingerprint density at radius 1 is 1.10 bits per heavy atom. The lowest BCUT2D eigenvalue weighted by molar-refractivity contribution is 0.190. The molecule has 0 bridgehead atoms. The molecule has 20 heavy (non-hydrogen) atoms. The number of pyridine rings is 1. The van der Waals surface area contributed by atoms with Crippen molar-refractivity contribution in [3.05, 3.63) is 18.2 Å². The molecule has 0 unspecified atom stereocenters. The van der Waals surface area contributed by atoms with E-state index in [-0.39, 0.29) is 5.54 Å². The van der Waals surface area contributed by atoms with Gasteiger partial charge in [-0.25, -0.2) is 4.98 Å². The topological polar surface area (TPSA) is 46.6 Å². The monoisotopic (exact) mass is 281 g/mol. The van der Waals surface area contributed by atoms with E-state index in [2.05, 4.69) is 36.0 Å². The first-order valence-corrected chi connectivity index (χ1v) is 6.94. The summed E-state index contributed by atoms with van der Waals surface area (Å²) in [6.07, 6.45) is 0. The van der Waals surface area contributed by atoms with Crippen molar-refractivity contribution in [3.8, 4) is 0 Å². The van der Waals surface area contributed by atoms with Gasteiger partial charge in [0, 0.05) is 32.8 Å². The number of anilines is 2. The van der Waals surface area contributed by atoms with E-state index in [4.69, 9.17) is 9.47 Å². The van der Waals surface area contributed by atoms with Crippen LogP contribution in [0.3, 0.4) is 0 Å². The second kappa shape index (κ2) is 8.07. The van der Waals surface area contributed by atoms with E-state index in [0.717, 1.165) is 24.7 Å². The smallest absolute Gasteiger partial charge is 0.131 e. The van der Waals surface area contributed by atoms with Gasteiger partial charge >= 0.3 is 0 Å². The predicted octanol–water partition coefficient (Wildman–Crippen LogP) is 2.39. The van der Waals surface area contributed by atoms with E-state index in [0.29, 0.717) is 13.2 Å². The van der Waals surface area contributed by atoms with Gasteiger partial charge in [0.15, 0.2) is 0 Å². The molecule has 5 nitrogen and oxygen atoms in total. The Kier molecular flexibility index (Phi) is 6.75. The Morgan fingerprint density at radius 2 is 1.70 bits per heavy atom. The first-order chi connectivity index (χ1) is 9.46. The van der Waals surface area contributed by atoms with Crippen LogP contribution in [0.4, 0.5) is 11.6 Å². The van der Waals surface area contributed by atoms with Gasteiger partial charge in [-0.3, -0.25) is 0 Å². The molecule has 0 saturated carbocycles. The standard InChI is InChI=1S/C15H27N3O2/c1-15(2,3)17-13-7-6-8-14(16-13)18(9-11-19-4)10-12-20-5/h6-8H,9-12H2,1-5H3,(H,16,17). The summed E-state index contributed by atoms with van der Waals surface area (Å²) < 4.78 is 10.3. The van der Waals surface area contributed by atoms with Crippen LogP contribution in [-0.4, -0.2) is 51.0 Å². The highest BCUT2D eigenvalue weighted by atomic mass is 16.5. The molecule has 0 aliphatic rings. The third-order valence-electron chi connectivity index (χ3n) is 2.69. The quantitative estimate of drug-likeness (QED) is 0.793. The van der Waals surface area contributed by atoms with Crippen LogP contribution in [0.5, 0.6) is 0 Å². The fourth-order valence-corrected chi connectivity index (χ4v) is 1.80. The van der Waals surface area contributed by atoms with Gasteiger partial charge in [0.05, 0.1) is 13.2 Å². The fourth-order valence-electron chi connectivity index (χ4n) is 1.80. The molecular formula is C15H27N3O2. The molecule has 5 heteroatoms. The Balaban J connectivity index is 2.81. The lowest BCUT2D eigenvalue weighted by Gasteiger charge is -2.25. The number of nitrogens with one attached hydrogen (secondary N) is 1. The minimum Gasteiger partial charge on any atom is -0.383 e. The normalized spacial score (nSPS) is 11.4. The number of hydrogen-bond donors (Lipinski definition) is 1. The van der Waals surface area contributed by atoms with Crippen LogP contribution in [0, 0.1) is 0 Å². The van der Waals surface area contributed by atoms with Gasteiger partial charge < -0.3 is 19.7 Å². The van der Waals surface area contributed by atoms with Gasteiger partial charge in [0.25, 0.3) is 0 Å². The molecule has 0 saturated heterocycles. The number of rotatable bonds is 8. The summed E-state index contributed by atoms with van der Waals surface area (Å²) >= 11 is 0. The Bertz CT molecular complexity index is 383. The number of hydrogen-bond acceptors (Lipinski definition) is 5. The van der Waals surface area contributed by atoms with E-state index in [1.54, 1.807) is 14.2 Å². The molecule has 1 aromatic rings. The van der Waals surface area contributed by atoms with Crippen LogP contribution in [0.15, 0.2) is 18.2 Å². The molecule has 0 aliphatic carbocycles. The van der Waals surface area contributed by atoms with Gasteiger partial charge in [0.2, 0.25) is 0 Å². The van der Waals surface area contributed by atoms with Crippen LogP contribution >= 0.6 is 0 Å². The van der Waals surface area contributed by atoms with Crippen LogP contribution in [0.2, 0.25) is 0 Å². The van der Waals surface area contributed by atoms with Gasteiger partial charge in [-0.05, 0) is 32.9 Å². The van der Waals surface area contributed by atoms with Crippen molar-refractivity contribution in [2.24, 2.45) is 0 Å². The third kappa shape index (κ3) is 6.21. The van der Waals surface area contributed by atoms with Crippen molar-refractivity contribution in [3.63, 3.8) is 0 Å². The van der Waals surface area contributed by atoms with E-state index in [1.165, 1.54) is 0 Å². The van der Waals surface area contributed by atoms with Crippen molar-refractivity contribution in [1.82, 2.24) is 4.98 Å². The number of nitrogens with zero attached hydrogens (tertiary/aromatic N) is 2. The Labute approximate surface area is 122 Å². The average molecular weight is 281 g/mol. The molecule has 1 rings (SSSR count). The van der Waals surface area contributed by atoms with Crippen molar-refractivity contribution in [2.45, 2.75) is 26.3 Å². The summed E-state index contributed by atoms with van der Waals surface area (Å²) in [6, 6.07) is 6.02. The number of methoxy groups -OCH3 is 2. The number of aromatic nitrogens is 1. The summed E-state index contributed by atoms with van der Waals surface area (Å²) in [7, 11) is 3.42. The third-order valence-corrected chi connectivity index (χ3v) is 2.69. The minimum atomic E-state index is -0.00445. The molecular weight excluding hydrogens is 254 g/mol. The van der Waals surface area contributed by atoms with E-state index in [9.17, 15) is 0 Å². The lowest BCUT2D eigenvalue weighted by atomic mass is 10.1. The molecule has 0 fully saturated rings. The SMILES string of the molecule is COCCN(CCOC)c1cccc(NC(C)(C)C)n1. The van der Waals surface area contributed by atoms with Gasteiger partial charge in [-0.15, -0.1) is 0 Å². The summed E-state index contributed by atoms with van der Waals surface area (Å²) in [4.78, 5) is 6.84. The van der Waals surface area contributed by atoms with E-state index < -0.39 is 0 Å². The van der Waals surface area contributed by atoms with Crippen LogP contribution in [0.25, 0.3) is 0 Å². The lowest BCUT2D eigenvalue weighted by Crippen LogP contribution is -2.32. The average Bonchev–Trinajstić information content (AvgIpc) is 2.37. The Hall–Kier alpha value is -1.33. The largest absolute Gasteiger partial charge is 0.383 e. The molecule has 0 spiro atoms. The molecule has 0 amide bonds. The second-order valence-electron chi connectivity index (χ2n) is 5.73. The first-order valence-electron chi connectivity index (χ1n) is 6.94. The molecule has 1 N–H and O–H groups in total. The second-order valence-corrected chi connectivity index (χ2v) is 5.73. The minimum absolute atomic E-state index is 0.00445. The van der Waals surface area contributed by atoms with Gasteiger partial charge in [-0.1, -0.05) is 6.07 Å². The van der Waals surface area contributed by atoms with Gasteiger partial charge in [0.1, 0.15) is 11.6 Å². The zero-order valence-corrected chi connectivity index (χ0v) is 13.3. The van der Waals surface area contributed by atoms with E-state index in [1.807, 2.05) is 18.2 Å². The fraction of sp³-hybridized carbons (Fsp3) is 0.667. The maximum atomic E-state index is 5.16. The zero-order valence-electron chi connectivity index (χ0n) is 13.3. The summed E-state index contributed by atoms with van der Waals surface area (Å²) in [5.74, 6) is 1.82. The van der Waals surface area contributed by atoms with Crippen LogP contribution in [-0.2, 0) is 9.47 Å². The van der Waals surface area contributed by atoms with E-state index >= 15 is 0 Å². The van der Waals surface area contributed by atoms with Crippen molar-refractivity contribution >= 4 is 11.6 Å².